The third kappa shape index (κ3) is 4.09. The third-order valence-electron chi connectivity index (χ3n) is 2.00. The van der Waals surface area contributed by atoms with Crippen molar-refractivity contribution in [2.24, 2.45) is 0 Å². The van der Waals surface area contributed by atoms with E-state index in [2.05, 4.69) is 0 Å². The lowest BCUT2D eigenvalue weighted by Crippen LogP contribution is -1.99. The second-order valence-electron chi connectivity index (χ2n) is 3.45. The highest BCUT2D eigenvalue weighted by Gasteiger charge is 2.00. The predicted molar refractivity (Wildman–Crippen MR) is 62.3 cm³/mol. The zero-order chi connectivity index (χ0) is 12.0. The van der Waals surface area contributed by atoms with E-state index in [1.54, 1.807) is 13.2 Å². The van der Waals surface area contributed by atoms with E-state index in [1.807, 2.05) is 24.3 Å². The monoisotopic (exact) mass is 218 g/mol. The molecule has 0 saturated heterocycles. The van der Waals surface area contributed by atoms with Gasteiger partial charge >= 0.3 is 0 Å². The van der Waals surface area contributed by atoms with Crippen molar-refractivity contribution >= 4 is 17.6 Å². The van der Waals surface area contributed by atoms with Crippen LogP contribution in [0.3, 0.4) is 0 Å². The maximum Gasteiger partial charge on any atom is 0.163 e. The second-order valence-corrected chi connectivity index (χ2v) is 3.45. The Morgan fingerprint density at radius 3 is 2.38 bits per heavy atom. The molecule has 0 radical (unpaired) electrons. The molecule has 0 atom stereocenters. The number of hydrogen-bond donors (Lipinski definition) is 0. The van der Waals surface area contributed by atoms with Crippen molar-refractivity contribution in [1.29, 1.82) is 0 Å². The van der Waals surface area contributed by atoms with Crippen molar-refractivity contribution in [3.05, 3.63) is 35.9 Å². The van der Waals surface area contributed by atoms with E-state index in [0.717, 1.165) is 11.3 Å². The number of methoxy groups -OCH3 is 1. The Kier molecular flexibility index (Phi) is 4.45. The molecular formula is C13H14O3. The number of Topliss-reactive ketones (excluding diaryl/α,β-unsaturated/α-hetero) is 1. The number of benzene rings is 1. The summed E-state index contributed by atoms with van der Waals surface area (Å²) in [6.07, 6.45) is 3.07. The van der Waals surface area contributed by atoms with E-state index in [9.17, 15) is 9.59 Å². The van der Waals surface area contributed by atoms with Crippen molar-refractivity contribution in [3.63, 3.8) is 0 Å². The minimum Gasteiger partial charge on any atom is -0.497 e. The first-order valence-electron chi connectivity index (χ1n) is 4.96. The van der Waals surface area contributed by atoms with E-state index in [1.165, 1.54) is 13.0 Å². The first-order valence-corrected chi connectivity index (χ1v) is 4.96. The fourth-order valence-electron chi connectivity index (χ4n) is 1.21. The standard InChI is InChI=1S/C13H14O3/c1-10(14)9-12(15)6-3-11-4-7-13(16-2)8-5-11/h3-8H,9H2,1-2H3. The van der Waals surface area contributed by atoms with Crippen molar-refractivity contribution < 1.29 is 14.3 Å². The molecule has 1 rings (SSSR count). The Morgan fingerprint density at radius 2 is 1.88 bits per heavy atom. The molecule has 0 aliphatic heterocycles. The number of carbonyl (C=O) groups excluding carboxylic acids is 2. The summed E-state index contributed by atoms with van der Waals surface area (Å²) in [6, 6.07) is 7.32. The first kappa shape index (κ1) is 12.2. The summed E-state index contributed by atoms with van der Waals surface area (Å²) in [5.74, 6) is 0.472. The summed E-state index contributed by atoms with van der Waals surface area (Å²) in [6.45, 7) is 1.40. The normalized spacial score (nSPS) is 10.4. The van der Waals surface area contributed by atoms with Crippen LogP contribution in [0.4, 0.5) is 0 Å². The molecule has 0 aliphatic carbocycles. The predicted octanol–water partition coefficient (Wildman–Crippen LogP) is 2.26. The summed E-state index contributed by atoms with van der Waals surface area (Å²) in [7, 11) is 1.60. The van der Waals surface area contributed by atoms with Gasteiger partial charge in [-0.25, -0.2) is 0 Å². The lowest BCUT2D eigenvalue weighted by Gasteiger charge is -1.98. The molecule has 0 heterocycles. The molecule has 0 aliphatic rings. The number of ketones is 2. The minimum atomic E-state index is -0.177. The van der Waals surface area contributed by atoms with Gasteiger partial charge in [-0.15, -0.1) is 0 Å². The van der Waals surface area contributed by atoms with Gasteiger partial charge in [0.1, 0.15) is 11.5 Å². The summed E-state index contributed by atoms with van der Waals surface area (Å²) in [5, 5.41) is 0. The zero-order valence-electron chi connectivity index (χ0n) is 9.40. The van der Waals surface area contributed by atoms with Gasteiger partial charge in [-0.2, -0.15) is 0 Å². The molecule has 0 N–H and O–H groups in total. The highest BCUT2D eigenvalue weighted by molar-refractivity contribution is 6.05. The Bertz CT molecular complexity index is 402. The second kappa shape index (κ2) is 5.85. The average molecular weight is 218 g/mol. The molecule has 0 saturated carbocycles. The summed E-state index contributed by atoms with van der Waals surface area (Å²) >= 11 is 0. The van der Waals surface area contributed by atoms with Gasteiger partial charge in [0.05, 0.1) is 13.5 Å². The van der Waals surface area contributed by atoms with Crippen LogP contribution in [0.15, 0.2) is 30.3 Å². The van der Waals surface area contributed by atoms with Gasteiger partial charge in [0.2, 0.25) is 0 Å². The van der Waals surface area contributed by atoms with Gasteiger partial charge in [0.25, 0.3) is 0 Å². The SMILES string of the molecule is COc1ccc(C=CC(=O)CC(C)=O)cc1. The van der Waals surface area contributed by atoms with Gasteiger partial charge in [-0.05, 0) is 30.7 Å². The molecule has 3 heteroatoms. The average Bonchev–Trinajstić information content (AvgIpc) is 2.26. The summed E-state index contributed by atoms with van der Waals surface area (Å²) in [5.41, 5.74) is 0.901. The quantitative estimate of drug-likeness (QED) is 0.562. The van der Waals surface area contributed by atoms with E-state index >= 15 is 0 Å². The highest BCUT2D eigenvalue weighted by atomic mass is 16.5. The molecule has 3 nitrogen and oxygen atoms in total. The van der Waals surface area contributed by atoms with Gasteiger partial charge in [0, 0.05) is 0 Å². The lowest BCUT2D eigenvalue weighted by molar-refractivity contribution is -0.123. The fourth-order valence-corrected chi connectivity index (χ4v) is 1.21. The lowest BCUT2D eigenvalue weighted by atomic mass is 10.1. The fraction of sp³-hybridized carbons (Fsp3) is 0.231. The molecule has 0 amide bonds. The molecular weight excluding hydrogens is 204 g/mol. The molecule has 0 fully saturated rings. The van der Waals surface area contributed by atoms with Gasteiger partial charge in [0.15, 0.2) is 5.78 Å². The third-order valence-corrected chi connectivity index (χ3v) is 2.00. The van der Waals surface area contributed by atoms with E-state index in [0.29, 0.717) is 0 Å². The summed E-state index contributed by atoms with van der Waals surface area (Å²) in [4.78, 5) is 21.9. The van der Waals surface area contributed by atoms with Crippen LogP contribution in [0.1, 0.15) is 18.9 Å². The number of carbonyl (C=O) groups is 2. The van der Waals surface area contributed by atoms with Gasteiger partial charge in [-0.3, -0.25) is 9.59 Å². The minimum absolute atomic E-state index is 0.0351. The Labute approximate surface area is 94.7 Å². The van der Waals surface area contributed by atoms with Crippen molar-refractivity contribution in [1.82, 2.24) is 0 Å². The number of rotatable bonds is 5. The van der Waals surface area contributed by atoms with Gasteiger partial charge < -0.3 is 4.74 Å². The van der Waals surface area contributed by atoms with E-state index < -0.39 is 0 Å². The van der Waals surface area contributed by atoms with Crippen LogP contribution >= 0.6 is 0 Å². The van der Waals surface area contributed by atoms with Crippen LogP contribution in [0, 0.1) is 0 Å². The van der Waals surface area contributed by atoms with E-state index in [-0.39, 0.29) is 18.0 Å². The van der Waals surface area contributed by atoms with Crippen molar-refractivity contribution in [2.45, 2.75) is 13.3 Å². The van der Waals surface area contributed by atoms with Crippen LogP contribution in [-0.4, -0.2) is 18.7 Å². The zero-order valence-corrected chi connectivity index (χ0v) is 9.40. The number of hydrogen-bond acceptors (Lipinski definition) is 3. The molecule has 16 heavy (non-hydrogen) atoms. The van der Waals surface area contributed by atoms with Crippen LogP contribution < -0.4 is 4.74 Å². The van der Waals surface area contributed by atoms with Crippen LogP contribution in [0.25, 0.3) is 6.08 Å². The Hall–Kier alpha value is -1.90. The largest absolute Gasteiger partial charge is 0.497 e. The van der Waals surface area contributed by atoms with Gasteiger partial charge in [-0.1, -0.05) is 18.2 Å². The topological polar surface area (TPSA) is 43.4 Å². The smallest absolute Gasteiger partial charge is 0.163 e. The molecule has 1 aromatic rings. The maximum absolute atomic E-state index is 11.2. The van der Waals surface area contributed by atoms with Crippen molar-refractivity contribution in [2.75, 3.05) is 7.11 Å². The highest BCUT2D eigenvalue weighted by Crippen LogP contribution is 2.12. The number of ether oxygens (including phenoxy) is 1. The summed E-state index contributed by atoms with van der Waals surface area (Å²) < 4.78 is 5.01. The molecule has 0 unspecified atom stereocenters. The molecule has 84 valence electrons. The Balaban J connectivity index is 2.62. The van der Waals surface area contributed by atoms with Crippen LogP contribution in [0.2, 0.25) is 0 Å². The maximum atomic E-state index is 11.2. The molecule has 1 aromatic carbocycles. The van der Waals surface area contributed by atoms with Crippen molar-refractivity contribution in [3.8, 4) is 5.75 Å². The molecule has 0 aromatic heterocycles. The Morgan fingerprint density at radius 1 is 1.25 bits per heavy atom. The number of allylic oxidation sites excluding steroid dienone is 1. The molecule has 0 bridgehead atoms. The first-order chi connectivity index (χ1) is 7.61. The van der Waals surface area contributed by atoms with Crippen LogP contribution in [0.5, 0.6) is 5.75 Å². The van der Waals surface area contributed by atoms with E-state index in [4.69, 9.17) is 4.74 Å². The molecule has 0 spiro atoms. The van der Waals surface area contributed by atoms with Crippen LogP contribution in [-0.2, 0) is 9.59 Å².